The smallest absolute Gasteiger partial charge is 0.154 e. The van der Waals surface area contributed by atoms with Crippen molar-refractivity contribution < 1.29 is 0 Å². The van der Waals surface area contributed by atoms with E-state index >= 15 is 0 Å². The molecule has 0 aliphatic heterocycles. The fourth-order valence-corrected chi connectivity index (χ4v) is 4.77. The molecular weight excluding hydrogens is 344 g/mol. The van der Waals surface area contributed by atoms with Gasteiger partial charge in [0.25, 0.3) is 0 Å². The van der Waals surface area contributed by atoms with Crippen LogP contribution in [0.15, 0.2) is 0 Å². The molecule has 0 aliphatic carbocycles. The Morgan fingerprint density at radius 2 is 1.12 bits per heavy atom. The molecule has 0 unspecified atom stereocenters. The first-order chi connectivity index (χ1) is 11.4. The highest BCUT2D eigenvalue weighted by Crippen LogP contribution is 2.26. The molecule has 2 rings (SSSR count). The molecule has 0 saturated carbocycles. The molecule has 2 N–H and O–H groups in total. The van der Waals surface area contributed by atoms with Crippen molar-refractivity contribution in [3.05, 3.63) is 11.6 Å². The second-order valence-electron chi connectivity index (χ2n) is 6.99. The summed E-state index contributed by atoms with van der Waals surface area (Å²) in [4.78, 5) is 0. The lowest BCUT2D eigenvalue weighted by Crippen LogP contribution is -2.20. The van der Waals surface area contributed by atoms with E-state index in [1.54, 1.807) is 0 Å². The predicted octanol–water partition coefficient (Wildman–Crippen LogP) is 2.21. The maximum Gasteiger partial charge on any atom is 0.154 e. The lowest BCUT2D eigenvalue weighted by Gasteiger charge is -2.21. The standard InChI is InChI=1S/C14H26N8S2/c1-13(2,11-15-19-20-16-11)5-7-23-9-10-24-8-6-14(3,4)12-17-21-22-18-12/h5-10H2,1-4H3,(H,15,16,19,20)(H,17,18,21,22). The molecule has 0 fully saturated rings. The SMILES string of the molecule is CC(C)(CCSCCSCCC(C)(C)c1nnn[nH]1)c1nnn[nH]1. The quantitative estimate of drug-likeness (QED) is 0.580. The first-order valence-electron chi connectivity index (χ1n) is 8.06. The Balaban J connectivity index is 1.53. The van der Waals surface area contributed by atoms with E-state index in [-0.39, 0.29) is 10.8 Å². The van der Waals surface area contributed by atoms with Gasteiger partial charge in [-0.15, -0.1) is 10.2 Å². The van der Waals surface area contributed by atoms with Crippen molar-refractivity contribution in [3.8, 4) is 0 Å². The fourth-order valence-electron chi connectivity index (χ4n) is 2.11. The number of H-pyrrole nitrogens is 2. The first kappa shape index (κ1) is 19.2. The maximum atomic E-state index is 4.02. The number of hydrogen-bond acceptors (Lipinski definition) is 8. The average molecular weight is 371 g/mol. The van der Waals surface area contributed by atoms with Crippen LogP contribution in [0.1, 0.15) is 52.2 Å². The Morgan fingerprint density at radius 3 is 1.46 bits per heavy atom. The summed E-state index contributed by atoms with van der Waals surface area (Å²) in [6.07, 6.45) is 2.12. The highest BCUT2D eigenvalue weighted by atomic mass is 32.2. The van der Waals surface area contributed by atoms with Crippen LogP contribution in [0, 0.1) is 0 Å². The molecule has 2 heterocycles. The van der Waals surface area contributed by atoms with E-state index in [0.29, 0.717) is 0 Å². The van der Waals surface area contributed by atoms with E-state index in [1.807, 2.05) is 23.5 Å². The summed E-state index contributed by atoms with van der Waals surface area (Å²) in [5.74, 6) is 6.29. The Hall–Kier alpha value is -1.16. The van der Waals surface area contributed by atoms with E-state index < -0.39 is 0 Å². The number of hydrogen-bond donors (Lipinski definition) is 2. The van der Waals surface area contributed by atoms with Crippen LogP contribution >= 0.6 is 23.5 Å². The Labute approximate surface area is 151 Å². The van der Waals surface area contributed by atoms with Crippen LogP contribution in [-0.4, -0.2) is 64.3 Å². The molecule has 0 aliphatic rings. The molecule has 0 spiro atoms. The van der Waals surface area contributed by atoms with Gasteiger partial charge in [-0.25, -0.2) is 10.2 Å². The summed E-state index contributed by atoms with van der Waals surface area (Å²) in [5.41, 5.74) is -0.00242. The molecule has 0 radical (unpaired) electrons. The van der Waals surface area contributed by atoms with Gasteiger partial charge in [0.15, 0.2) is 11.6 Å². The number of tetrazole rings is 2. The Bertz CT molecular complexity index is 515. The third kappa shape index (κ3) is 5.73. The van der Waals surface area contributed by atoms with Crippen LogP contribution in [0.3, 0.4) is 0 Å². The topological polar surface area (TPSA) is 109 Å². The summed E-state index contributed by atoms with van der Waals surface area (Å²) >= 11 is 3.98. The minimum Gasteiger partial charge on any atom is -0.242 e. The van der Waals surface area contributed by atoms with Crippen molar-refractivity contribution >= 4 is 23.5 Å². The molecule has 0 atom stereocenters. The van der Waals surface area contributed by atoms with Gasteiger partial charge in [0, 0.05) is 22.3 Å². The zero-order chi connectivity index (χ0) is 17.5. The second-order valence-corrected chi connectivity index (χ2v) is 9.44. The van der Waals surface area contributed by atoms with E-state index in [2.05, 4.69) is 68.9 Å². The van der Waals surface area contributed by atoms with Gasteiger partial charge < -0.3 is 0 Å². The molecule has 8 nitrogen and oxygen atoms in total. The normalized spacial score (nSPS) is 12.7. The molecule has 134 valence electrons. The maximum absolute atomic E-state index is 4.02. The van der Waals surface area contributed by atoms with E-state index in [4.69, 9.17) is 0 Å². The molecule has 2 aromatic heterocycles. The van der Waals surface area contributed by atoms with Crippen molar-refractivity contribution in [2.45, 2.75) is 51.4 Å². The van der Waals surface area contributed by atoms with Gasteiger partial charge in [-0.1, -0.05) is 27.7 Å². The summed E-state index contributed by atoms with van der Waals surface area (Å²) in [6, 6.07) is 0. The molecule has 2 aromatic rings. The van der Waals surface area contributed by atoms with Crippen molar-refractivity contribution in [2.24, 2.45) is 0 Å². The van der Waals surface area contributed by atoms with Crippen LogP contribution in [-0.2, 0) is 10.8 Å². The highest BCUT2D eigenvalue weighted by Gasteiger charge is 2.25. The minimum absolute atomic E-state index is 0.00121. The molecule has 24 heavy (non-hydrogen) atoms. The molecule has 0 amide bonds. The van der Waals surface area contributed by atoms with Crippen molar-refractivity contribution in [1.82, 2.24) is 41.2 Å². The number of aromatic amines is 2. The third-order valence-electron chi connectivity index (χ3n) is 4.09. The molecular formula is C14H26N8S2. The highest BCUT2D eigenvalue weighted by molar-refractivity contribution is 8.02. The van der Waals surface area contributed by atoms with Gasteiger partial charge in [-0.3, -0.25) is 0 Å². The fraction of sp³-hybridized carbons (Fsp3) is 0.857. The average Bonchev–Trinajstić information content (AvgIpc) is 3.23. The van der Waals surface area contributed by atoms with Crippen LogP contribution in [0.2, 0.25) is 0 Å². The molecule has 0 saturated heterocycles. The number of rotatable bonds is 11. The number of thioether (sulfide) groups is 2. The number of nitrogens with zero attached hydrogens (tertiary/aromatic N) is 6. The summed E-state index contributed by atoms with van der Waals surface area (Å²) in [7, 11) is 0. The van der Waals surface area contributed by atoms with Gasteiger partial charge in [0.2, 0.25) is 0 Å². The zero-order valence-electron chi connectivity index (χ0n) is 14.7. The van der Waals surface area contributed by atoms with Crippen LogP contribution in [0.5, 0.6) is 0 Å². The molecule has 10 heteroatoms. The lowest BCUT2D eigenvalue weighted by atomic mass is 9.89. The zero-order valence-corrected chi connectivity index (χ0v) is 16.4. The minimum atomic E-state index is -0.00121. The van der Waals surface area contributed by atoms with E-state index in [1.165, 1.54) is 11.5 Å². The van der Waals surface area contributed by atoms with E-state index in [9.17, 15) is 0 Å². The predicted molar refractivity (Wildman–Crippen MR) is 98.3 cm³/mol. The van der Waals surface area contributed by atoms with Crippen LogP contribution in [0.4, 0.5) is 0 Å². The first-order valence-corrected chi connectivity index (χ1v) is 10.4. The third-order valence-corrected chi connectivity index (χ3v) is 6.32. The number of aromatic nitrogens is 8. The van der Waals surface area contributed by atoms with Gasteiger partial charge in [-0.2, -0.15) is 23.5 Å². The van der Waals surface area contributed by atoms with E-state index in [0.717, 1.165) is 36.0 Å². The monoisotopic (exact) mass is 370 g/mol. The van der Waals surface area contributed by atoms with Crippen LogP contribution in [0.25, 0.3) is 0 Å². The summed E-state index contributed by atoms with van der Waals surface area (Å²) in [6.45, 7) is 8.69. The van der Waals surface area contributed by atoms with Gasteiger partial charge >= 0.3 is 0 Å². The van der Waals surface area contributed by atoms with Crippen molar-refractivity contribution in [3.63, 3.8) is 0 Å². The lowest BCUT2D eigenvalue weighted by molar-refractivity contribution is 0.477. The largest absolute Gasteiger partial charge is 0.242 e. The Morgan fingerprint density at radius 1 is 0.708 bits per heavy atom. The van der Waals surface area contributed by atoms with Gasteiger partial charge in [0.1, 0.15) is 0 Å². The Kier molecular flexibility index (Phi) is 7.02. The second kappa shape index (κ2) is 8.80. The molecule has 0 aromatic carbocycles. The van der Waals surface area contributed by atoms with Crippen molar-refractivity contribution in [1.29, 1.82) is 0 Å². The van der Waals surface area contributed by atoms with Gasteiger partial charge in [-0.05, 0) is 45.2 Å². The van der Waals surface area contributed by atoms with Crippen LogP contribution < -0.4 is 0 Å². The molecule has 0 bridgehead atoms. The summed E-state index contributed by atoms with van der Waals surface area (Å²) < 4.78 is 0. The van der Waals surface area contributed by atoms with Crippen molar-refractivity contribution in [2.75, 3.05) is 23.0 Å². The number of nitrogens with one attached hydrogen (secondary N) is 2. The van der Waals surface area contributed by atoms with Gasteiger partial charge in [0.05, 0.1) is 0 Å². The summed E-state index contributed by atoms with van der Waals surface area (Å²) in [5, 5.41) is 28.4.